The molecule has 6 heteroatoms. The summed E-state index contributed by atoms with van der Waals surface area (Å²) in [5, 5.41) is 11.2. The molecule has 0 saturated carbocycles. The molecule has 6 nitrogen and oxygen atoms in total. The molecular formula is C21H22N2O4. The van der Waals surface area contributed by atoms with Crippen molar-refractivity contribution in [3.05, 3.63) is 54.1 Å². The monoisotopic (exact) mass is 366 g/mol. The Balaban J connectivity index is 1.98. The van der Waals surface area contributed by atoms with Crippen LogP contribution in [-0.4, -0.2) is 25.7 Å². The average Bonchev–Trinajstić information content (AvgIpc) is 2.66. The number of carbonyl (C=O) groups is 1. The quantitative estimate of drug-likeness (QED) is 0.713. The summed E-state index contributed by atoms with van der Waals surface area (Å²) in [6.07, 6.45) is 3.18. The lowest BCUT2D eigenvalue weighted by atomic mass is 10.2. The molecule has 0 bridgehead atoms. The molecule has 0 radical (unpaired) electrons. The van der Waals surface area contributed by atoms with E-state index in [9.17, 15) is 4.79 Å². The summed E-state index contributed by atoms with van der Waals surface area (Å²) in [6, 6.07) is 14.2. The standard InChI is InChI=1S/C21H22N2O4/c1-15(2)27-19-10-4-16(14-20(19)25-3)5-11-21(24)23-17-6-8-18(9-7-17)26-13-12-22/h4-11,14-15H,13H2,1-3H3,(H,23,24)/b11-5+. The van der Waals surface area contributed by atoms with E-state index in [0.29, 0.717) is 22.9 Å². The SMILES string of the molecule is COc1cc(/C=C/C(=O)Nc2ccc(OCC#N)cc2)ccc1OC(C)C. The van der Waals surface area contributed by atoms with E-state index in [1.807, 2.05) is 38.1 Å². The lowest BCUT2D eigenvalue weighted by molar-refractivity contribution is -0.111. The van der Waals surface area contributed by atoms with Crippen LogP contribution in [0.25, 0.3) is 6.08 Å². The Hall–Kier alpha value is -3.46. The Kier molecular flexibility index (Phi) is 7.26. The first kappa shape index (κ1) is 19.9. The maximum absolute atomic E-state index is 12.1. The molecule has 0 aliphatic heterocycles. The molecule has 2 aromatic carbocycles. The Morgan fingerprint density at radius 1 is 1.19 bits per heavy atom. The van der Waals surface area contributed by atoms with E-state index < -0.39 is 0 Å². The third-order valence-corrected chi connectivity index (χ3v) is 3.40. The van der Waals surface area contributed by atoms with E-state index in [4.69, 9.17) is 19.5 Å². The molecule has 0 saturated heterocycles. The van der Waals surface area contributed by atoms with Crippen LogP contribution in [0, 0.1) is 11.3 Å². The Morgan fingerprint density at radius 2 is 1.93 bits per heavy atom. The highest BCUT2D eigenvalue weighted by Gasteiger charge is 2.07. The van der Waals surface area contributed by atoms with Gasteiger partial charge in [-0.2, -0.15) is 5.26 Å². The second kappa shape index (κ2) is 9.88. The summed E-state index contributed by atoms with van der Waals surface area (Å²) in [4.78, 5) is 12.1. The lowest BCUT2D eigenvalue weighted by Crippen LogP contribution is -2.08. The van der Waals surface area contributed by atoms with Gasteiger partial charge in [-0.3, -0.25) is 4.79 Å². The fourth-order valence-corrected chi connectivity index (χ4v) is 2.25. The Morgan fingerprint density at radius 3 is 2.56 bits per heavy atom. The number of amides is 1. The van der Waals surface area contributed by atoms with Gasteiger partial charge in [-0.1, -0.05) is 6.07 Å². The smallest absolute Gasteiger partial charge is 0.248 e. The molecule has 0 aromatic heterocycles. The van der Waals surface area contributed by atoms with Crippen LogP contribution in [0.15, 0.2) is 48.5 Å². The first-order valence-electron chi connectivity index (χ1n) is 8.45. The number of benzene rings is 2. The van der Waals surface area contributed by atoms with Gasteiger partial charge in [0.15, 0.2) is 18.1 Å². The molecule has 0 aliphatic rings. The van der Waals surface area contributed by atoms with Crippen LogP contribution < -0.4 is 19.5 Å². The third kappa shape index (κ3) is 6.40. The second-order valence-electron chi connectivity index (χ2n) is 5.87. The molecule has 0 heterocycles. The number of hydrogen-bond acceptors (Lipinski definition) is 5. The number of hydrogen-bond donors (Lipinski definition) is 1. The summed E-state index contributed by atoms with van der Waals surface area (Å²) in [5.41, 5.74) is 1.45. The zero-order valence-electron chi connectivity index (χ0n) is 15.6. The van der Waals surface area contributed by atoms with Crippen LogP contribution in [0.4, 0.5) is 5.69 Å². The van der Waals surface area contributed by atoms with E-state index >= 15 is 0 Å². The number of nitriles is 1. The van der Waals surface area contributed by atoms with Crippen LogP contribution >= 0.6 is 0 Å². The van der Waals surface area contributed by atoms with Gasteiger partial charge in [-0.15, -0.1) is 0 Å². The number of ether oxygens (including phenoxy) is 3. The number of methoxy groups -OCH3 is 1. The van der Waals surface area contributed by atoms with Crippen molar-refractivity contribution in [2.24, 2.45) is 0 Å². The number of anilines is 1. The lowest BCUT2D eigenvalue weighted by Gasteiger charge is -2.13. The molecule has 2 rings (SSSR count). The molecular weight excluding hydrogens is 344 g/mol. The number of nitrogens with one attached hydrogen (secondary N) is 1. The number of rotatable bonds is 8. The van der Waals surface area contributed by atoms with Crippen molar-refractivity contribution in [1.82, 2.24) is 0 Å². The number of carbonyl (C=O) groups excluding carboxylic acids is 1. The molecule has 0 atom stereocenters. The summed E-state index contributed by atoms with van der Waals surface area (Å²) in [6.45, 7) is 3.87. The molecule has 27 heavy (non-hydrogen) atoms. The van der Waals surface area contributed by atoms with Crippen molar-refractivity contribution in [3.63, 3.8) is 0 Å². The first-order valence-corrected chi connectivity index (χ1v) is 8.45. The molecule has 0 aliphatic carbocycles. The molecule has 1 N–H and O–H groups in total. The van der Waals surface area contributed by atoms with Gasteiger partial charge < -0.3 is 19.5 Å². The maximum Gasteiger partial charge on any atom is 0.248 e. The van der Waals surface area contributed by atoms with E-state index in [1.54, 1.807) is 37.5 Å². The fourth-order valence-electron chi connectivity index (χ4n) is 2.25. The van der Waals surface area contributed by atoms with Crippen LogP contribution in [0.5, 0.6) is 17.2 Å². The van der Waals surface area contributed by atoms with Crippen molar-refractivity contribution in [2.45, 2.75) is 20.0 Å². The van der Waals surface area contributed by atoms with Crippen molar-refractivity contribution >= 4 is 17.7 Å². The van der Waals surface area contributed by atoms with Gasteiger partial charge in [0.1, 0.15) is 11.8 Å². The number of nitrogens with zero attached hydrogens (tertiary/aromatic N) is 1. The van der Waals surface area contributed by atoms with Crippen LogP contribution in [0.3, 0.4) is 0 Å². The van der Waals surface area contributed by atoms with Crippen molar-refractivity contribution in [2.75, 3.05) is 19.0 Å². The summed E-state index contributed by atoms with van der Waals surface area (Å²) >= 11 is 0. The van der Waals surface area contributed by atoms with Gasteiger partial charge in [0.05, 0.1) is 13.2 Å². The van der Waals surface area contributed by atoms with Crippen molar-refractivity contribution in [1.29, 1.82) is 5.26 Å². The molecule has 0 spiro atoms. The van der Waals surface area contributed by atoms with Crippen LogP contribution in [0.2, 0.25) is 0 Å². The van der Waals surface area contributed by atoms with E-state index in [-0.39, 0.29) is 18.6 Å². The van der Waals surface area contributed by atoms with E-state index in [2.05, 4.69) is 5.32 Å². The first-order chi connectivity index (χ1) is 13.0. The minimum atomic E-state index is -0.262. The molecule has 2 aromatic rings. The highest BCUT2D eigenvalue weighted by molar-refractivity contribution is 6.01. The molecule has 0 unspecified atom stereocenters. The van der Waals surface area contributed by atoms with Crippen LogP contribution in [-0.2, 0) is 4.79 Å². The van der Waals surface area contributed by atoms with Gasteiger partial charge in [-0.25, -0.2) is 0 Å². The highest BCUT2D eigenvalue weighted by atomic mass is 16.5. The topological polar surface area (TPSA) is 80.6 Å². The Bertz CT molecular complexity index is 836. The van der Waals surface area contributed by atoms with Crippen molar-refractivity contribution in [3.8, 4) is 23.3 Å². The van der Waals surface area contributed by atoms with Gasteiger partial charge in [0.25, 0.3) is 0 Å². The minimum Gasteiger partial charge on any atom is -0.493 e. The van der Waals surface area contributed by atoms with Gasteiger partial charge >= 0.3 is 0 Å². The van der Waals surface area contributed by atoms with Gasteiger partial charge in [0.2, 0.25) is 5.91 Å². The van der Waals surface area contributed by atoms with Gasteiger partial charge in [0, 0.05) is 11.8 Å². The largest absolute Gasteiger partial charge is 0.493 e. The van der Waals surface area contributed by atoms with Crippen LogP contribution in [0.1, 0.15) is 19.4 Å². The zero-order valence-corrected chi connectivity index (χ0v) is 15.6. The third-order valence-electron chi connectivity index (χ3n) is 3.40. The predicted octanol–water partition coefficient (Wildman–Crippen LogP) is 4.04. The maximum atomic E-state index is 12.1. The molecule has 0 fully saturated rings. The molecule has 1 amide bonds. The summed E-state index contributed by atoms with van der Waals surface area (Å²) in [5.74, 6) is 1.58. The predicted molar refractivity (Wildman–Crippen MR) is 104 cm³/mol. The Labute approximate surface area is 159 Å². The van der Waals surface area contributed by atoms with Gasteiger partial charge in [-0.05, 0) is 61.9 Å². The highest BCUT2D eigenvalue weighted by Crippen LogP contribution is 2.29. The molecule has 140 valence electrons. The zero-order chi connectivity index (χ0) is 19.6. The fraction of sp³-hybridized carbons (Fsp3) is 0.238. The minimum absolute atomic E-state index is 0.0150. The normalized spacial score (nSPS) is 10.5. The average molecular weight is 366 g/mol. The summed E-state index contributed by atoms with van der Waals surface area (Å²) < 4.78 is 16.2. The van der Waals surface area contributed by atoms with E-state index in [0.717, 1.165) is 5.56 Å². The summed E-state index contributed by atoms with van der Waals surface area (Å²) in [7, 11) is 1.58. The van der Waals surface area contributed by atoms with Crippen molar-refractivity contribution < 1.29 is 19.0 Å². The van der Waals surface area contributed by atoms with E-state index in [1.165, 1.54) is 6.08 Å². The second-order valence-corrected chi connectivity index (χ2v) is 5.87.